The summed E-state index contributed by atoms with van der Waals surface area (Å²) in [5.41, 5.74) is 7.10. The summed E-state index contributed by atoms with van der Waals surface area (Å²) in [4.78, 5) is 5.45. The van der Waals surface area contributed by atoms with Crippen molar-refractivity contribution in [3.8, 4) is 5.75 Å². The van der Waals surface area contributed by atoms with Crippen molar-refractivity contribution in [2.24, 2.45) is 5.92 Å². The van der Waals surface area contributed by atoms with Crippen molar-refractivity contribution in [3.05, 3.63) is 70.5 Å². The zero-order valence-corrected chi connectivity index (χ0v) is 21.6. The predicted octanol–water partition coefficient (Wildman–Crippen LogP) is 6.36. The highest BCUT2D eigenvalue weighted by atomic mass is 19.1. The van der Waals surface area contributed by atoms with Crippen molar-refractivity contribution < 1.29 is 9.13 Å². The molecule has 0 saturated carbocycles. The molecule has 0 aromatic heterocycles. The molecule has 3 nitrogen and oxygen atoms in total. The first-order valence-corrected chi connectivity index (χ1v) is 13.7. The van der Waals surface area contributed by atoms with Crippen LogP contribution in [0.25, 0.3) is 5.57 Å². The van der Waals surface area contributed by atoms with Gasteiger partial charge in [-0.3, -0.25) is 4.90 Å². The Morgan fingerprint density at radius 1 is 1.00 bits per heavy atom. The van der Waals surface area contributed by atoms with Gasteiger partial charge in [-0.25, -0.2) is 4.39 Å². The number of hydrogen-bond donors (Lipinski definition) is 0. The van der Waals surface area contributed by atoms with Crippen LogP contribution in [0.5, 0.6) is 5.75 Å². The topological polar surface area (TPSA) is 15.7 Å². The smallest absolute Gasteiger partial charge is 0.123 e. The molecule has 0 N–H and O–H groups in total. The van der Waals surface area contributed by atoms with E-state index in [-0.39, 0.29) is 5.82 Å². The molecule has 5 rings (SSSR count). The molecule has 0 spiro atoms. The van der Waals surface area contributed by atoms with E-state index in [0.717, 1.165) is 43.2 Å². The second-order valence-electron chi connectivity index (χ2n) is 11.1. The minimum Gasteiger partial charge on any atom is -0.493 e. The fourth-order valence-corrected chi connectivity index (χ4v) is 6.23. The first kappa shape index (κ1) is 24.5. The van der Waals surface area contributed by atoms with Crippen LogP contribution in [0.3, 0.4) is 0 Å². The van der Waals surface area contributed by atoms with Gasteiger partial charge < -0.3 is 9.64 Å². The van der Waals surface area contributed by atoms with Crippen molar-refractivity contribution >= 4 is 5.57 Å². The summed E-state index contributed by atoms with van der Waals surface area (Å²) in [6, 6.07) is 14.2. The third-order valence-electron chi connectivity index (χ3n) is 8.30. The monoisotopic (exact) mass is 476 g/mol. The number of ether oxygens (including phenoxy) is 1. The molecule has 4 heteroatoms. The number of aryl methyl sites for hydroxylation is 1. The summed E-state index contributed by atoms with van der Waals surface area (Å²) in [5.74, 6) is 1.16. The lowest BCUT2D eigenvalue weighted by Gasteiger charge is -2.31. The quantitative estimate of drug-likeness (QED) is 0.419. The summed E-state index contributed by atoms with van der Waals surface area (Å²) in [5, 5.41) is 0. The van der Waals surface area contributed by atoms with Crippen LogP contribution in [-0.2, 0) is 12.8 Å². The minimum absolute atomic E-state index is 0.179. The van der Waals surface area contributed by atoms with Crippen molar-refractivity contribution in [1.29, 1.82) is 0 Å². The Morgan fingerprint density at radius 3 is 2.60 bits per heavy atom. The number of rotatable bonds is 9. The zero-order valence-electron chi connectivity index (χ0n) is 21.6. The lowest BCUT2D eigenvalue weighted by atomic mass is 9.86. The normalized spacial score (nSPS) is 22.0. The van der Waals surface area contributed by atoms with Crippen molar-refractivity contribution in [2.75, 3.05) is 39.3 Å². The van der Waals surface area contributed by atoms with E-state index in [1.165, 1.54) is 80.7 Å². The van der Waals surface area contributed by atoms with Gasteiger partial charge in [-0.1, -0.05) is 30.7 Å². The van der Waals surface area contributed by atoms with Gasteiger partial charge in [-0.05, 0) is 124 Å². The number of likely N-dealkylation sites (tertiary alicyclic amines) is 2. The maximum Gasteiger partial charge on any atom is 0.123 e. The molecule has 2 aliphatic heterocycles. The van der Waals surface area contributed by atoms with Crippen LogP contribution < -0.4 is 4.74 Å². The third kappa shape index (κ3) is 6.16. The van der Waals surface area contributed by atoms with E-state index in [1.807, 2.05) is 12.1 Å². The summed E-state index contributed by atoms with van der Waals surface area (Å²) >= 11 is 0. The molecular formula is C31H41FN2O. The van der Waals surface area contributed by atoms with E-state index >= 15 is 0 Å². The second kappa shape index (κ2) is 11.3. The second-order valence-corrected chi connectivity index (χ2v) is 11.1. The van der Waals surface area contributed by atoms with E-state index in [9.17, 15) is 4.39 Å². The number of nitrogens with zero attached hydrogens (tertiary/aromatic N) is 2. The molecule has 2 aromatic rings. The van der Waals surface area contributed by atoms with Gasteiger partial charge in [0.25, 0.3) is 0 Å². The average molecular weight is 477 g/mol. The molecule has 1 aliphatic carbocycles. The van der Waals surface area contributed by atoms with Gasteiger partial charge in [-0.15, -0.1) is 0 Å². The third-order valence-corrected chi connectivity index (χ3v) is 8.30. The maximum atomic E-state index is 13.1. The van der Waals surface area contributed by atoms with Gasteiger partial charge >= 0.3 is 0 Å². The van der Waals surface area contributed by atoms with E-state index in [2.05, 4.69) is 41.8 Å². The summed E-state index contributed by atoms with van der Waals surface area (Å²) in [7, 11) is 0. The van der Waals surface area contributed by atoms with Crippen LogP contribution in [0.1, 0.15) is 62.6 Å². The van der Waals surface area contributed by atoms with E-state index in [4.69, 9.17) is 4.74 Å². The zero-order chi connectivity index (χ0) is 24.2. The molecular weight excluding hydrogens is 435 g/mol. The number of allylic oxidation sites excluding steroid dienone is 1. The first-order valence-electron chi connectivity index (χ1n) is 13.7. The fraction of sp³-hybridized carbons (Fsp3) is 0.548. The highest BCUT2D eigenvalue weighted by molar-refractivity contribution is 5.72. The van der Waals surface area contributed by atoms with Crippen LogP contribution in [0.2, 0.25) is 0 Å². The molecule has 2 fully saturated rings. The van der Waals surface area contributed by atoms with Gasteiger partial charge in [0.1, 0.15) is 11.6 Å². The Balaban J connectivity index is 1.18. The molecule has 2 saturated heterocycles. The molecule has 0 amide bonds. The highest BCUT2D eigenvalue weighted by Gasteiger charge is 2.29. The Bertz CT molecular complexity index is 1020. The van der Waals surface area contributed by atoms with Gasteiger partial charge in [0.05, 0.1) is 6.61 Å². The molecule has 0 unspecified atom stereocenters. The van der Waals surface area contributed by atoms with Gasteiger partial charge in [0.15, 0.2) is 0 Å². The van der Waals surface area contributed by atoms with Gasteiger partial charge in [-0.2, -0.15) is 0 Å². The molecule has 35 heavy (non-hydrogen) atoms. The Morgan fingerprint density at radius 2 is 1.80 bits per heavy atom. The molecule has 2 heterocycles. The standard InChI is InChI=1S/C31H41FN2O/c1-23(18-25-7-11-28(32)12-8-25)22-35-30-13-14-31-24(2)27(10-9-26(31)19-30)20-34-17-5-6-29(34)21-33-15-3-4-16-33/h7-8,11-14,19,23,29H,3-6,9-10,15-18,20-22H2,1-2H3/t23-,29-/m0/s1. The SMILES string of the molecule is CC1=C(CN2CCC[C@H]2CN2CCCC2)CCc2cc(OC[C@@H](C)Cc3ccc(F)cc3)ccc21. The van der Waals surface area contributed by atoms with Crippen molar-refractivity contribution in [3.63, 3.8) is 0 Å². The Kier molecular flexibility index (Phi) is 7.89. The predicted molar refractivity (Wildman–Crippen MR) is 142 cm³/mol. The number of benzene rings is 2. The largest absolute Gasteiger partial charge is 0.493 e. The van der Waals surface area contributed by atoms with Crippen molar-refractivity contribution in [1.82, 2.24) is 9.80 Å². The van der Waals surface area contributed by atoms with Crippen LogP contribution in [0.4, 0.5) is 4.39 Å². The summed E-state index contributed by atoms with van der Waals surface area (Å²) in [6.45, 7) is 11.4. The van der Waals surface area contributed by atoms with Gasteiger partial charge in [0.2, 0.25) is 0 Å². The highest BCUT2D eigenvalue weighted by Crippen LogP contribution is 2.35. The summed E-state index contributed by atoms with van der Waals surface area (Å²) < 4.78 is 19.3. The van der Waals surface area contributed by atoms with E-state index in [0.29, 0.717) is 12.5 Å². The Hall–Kier alpha value is -2.17. The van der Waals surface area contributed by atoms with Crippen LogP contribution in [0, 0.1) is 11.7 Å². The molecule has 2 aromatic carbocycles. The van der Waals surface area contributed by atoms with Crippen LogP contribution in [0.15, 0.2) is 48.0 Å². The lowest BCUT2D eigenvalue weighted by molar-refractivity contribution is 0.201. The number of fused-ring (bicyclic) bond motifs is 1. The first-order chi connectivity index (χ1) is 17.0. The molecule has 2 atom stereocenters. The van der Waals surface area contributed by atoms with Crippen LogP contribution >= 0.6 is 0 Å². The maximum absolute atomic E-state index is 13.1. The fourth-order valence-electron chi connectivity index (χ4n) is 6.23. The van der Waals surface area contributed by atoms with E-state index in [1.54, 1.807) is 5.57 Å². The summed E-state index contributed by atoms with van der Waals surface area (Å²) in [6.07, 6.45) is 8.64. The molecule has 0 radical (unpaired) electrons. The minimum atomic E-state index is -0.179. The Labute approximate surface area is 211 Å². The molecule has 188 valence electrons. The molecule has 3 aliphatic rings. The van der Waals surface area contributed by atoms with Crippen LogP contribution in [-0.4, -0.2) is 55.2 Å². The number of halogens is 1. The van der Waals surface area contributed by atoms with Crippen molar-refractivity contribution in [2.45, 2.75) is 64.8 Å². The molecule has 0 bridgehead atoms. The lowest BCUT2D eigenvalue weighted by Crippen LogP contribution is -2.40. The van der Waals surface area contributed by atoms with Gasteiger partial charge in [0, 0.05) is 19.1 Å². The number of hydrogen-bond acceptors (Lipinski definition) is 3. The average Bonchev–Trinajstić information content (AvgIpc) is 3.54. The van der Waals surface area contributed by atoms with E-state index < -0.39 is 0 Å².